The van der Waals surface area contributed by atoms with E-state index in [4.69, 9.17) is 9.47 Å². The van der Waals surface area contributed by atoms with E-state index in [1.54, 1.807) is 13.8 Å². The van der Waals surface area contributed by atoms with Gasteiger partial charge in [-0.1, -0.05) is 61.9 Å². The van der Waals surface area contributed by atoms with Crippen LogP contribution in [0.2, 0.25) is 0 Å². The minimum absolute atomic E-state index is 0.108. The number of hydrogen-bond donors (Lipinski definition) is 3. The number of carboxylic acids is 1. The van der Waals surface area contributed by atoms with E-state index >= 15 is 0 Å². The average molecular weight is 469 g/mol. The summed E-state index contributed by atoms with van der Waals surface area (Å²) in [5.41, 5.74) is 3.06. The van der Waals surface area contributed by atoms with Crippen molar-refractivity contribution in [1.29, 1.82) is 0 Å². The number of fused-ring (bicyclic) bond motifs is 3. The Morgan fingerprint density at radius 3 is 2.12 bits per heavy atom. The fourth-order valence-corrected chi connectivity index (χ4v) is 4.41. The molecule has 3 unspecified atom stereocenters. The summed E-state index contributed by atoms with van der Waals surface area (Å²) in [4.78, 5) is 37.4. The fourth-order valence-electron chi connectivity index (χ4n) is 4.41. The highest BCUT2D eigenvalue weighted by molar-refractivity contribution is 5.92. The Morgan fingerprint density at radius 2 is 1.62 bits per heavy atom. The lowest BCUT2D eigenvalue weighted by molar-refractivity contribution is -0.146. The highest BCUT2D eigenvalue weighted by atomic mass is 16.5. The van der Waals surface area contributed by atoms with Gasteiger partial charge in [0.1, 0.15) is 12.1 Å². The van der Waals surface area contributed by atoms with Gasteiger partial charge in [-0.2, -0.15) is 0 Å². The number of nitrogens with one attached hydrogen (secondary N) is 2. The van der Waals surface area contributed by atoms with Gasteiger partial charge in [-0.15, -0.1) is 0 Å². The maximum absolute atomic E-state index is 13.0. The van der Waals surface area contributed by atoms with Gasteiger partial charge in [-0.3, -0.25) is 4.79 Å². The van der Waals surface area contributed by atoms with Gasteiger partial charge in [0.25, 0.3) is 0 Å². The number of aliphatic carboxylic acids is 1. The first kappa shape index (κ1) is 25.2. The van der Waals surface area contributed by atoms with Gasteiger partial charge < -0.3 is 25.2 Å². The lowest BCUT2D eigenvalue weighted by Crippen LogP contribution is -2.61. The van der Waals surface area contributed by atoms with Crippen molar-refractivity contribution in [3.05, 3.63) is 59.7 Å². The summed E-state index contributed by atoms with van der Waals surface area (Å²) in [5, 5.41) is 14.6. The summed E-state index contributed by atoms with van der Waals surface area (Å²) in [6.45, 7) is 5.10. The van der Waals surface area contributed by atoms with Crippen LogP contribution in [-0.4, -0.2) is 54.5 Å². The molecule has 8 heteroatoms. The number of carbonyl (C=O) groups excluding carboxylic acids is 2. The molecule has 182 valence electrons. The maximum Gasteiger partial charge on any atom is 0.408 e. The molecule has 0 heterocycles. The van der Waals surface area contributed by atoms with Gasteiger partial charge in [0.2, 0.25) is 5.91 Å². The minimum atomic E-state index is -1.35. The van der Waals surface area contributed by atoms with E-state index in [9.17, 15) is 19.5 Å². The summed E-state index contributed by atoms with van der Waals surface area (Å²) >= 11 is 0. The molecule has 0 radical (unpaired) electrons. The van der Waals surface area contributed by atoms with Crippen LogP contribution in [0.3, 0.4) is 0 Å². The second kappa shape index (κ2) is 10.7. The smallest absolute Gasteiger partial charge is 0.408 e. The third-order valence-electron chi connectivity index (χ3n) is 6.37. The van der Waals surface area contributed by atoms with Gasteiger partial charge in [0.05, 0.1) is 6.10 Å². The monoisotopic (exact) mass is 468 g/mol. The minimum Gasteiger partial charge on any atom is -0.480 e. The van der Waals surface area contributed by atoms with Crippen molar-refractivity contribution < 1.29 is 29.0 Å². The second-order valence-electron chi connectivity index (χ2n) is 8.76. The molecule has 0 saturated heterocycles. The van der Waals surface area contributed by atoms with Crippen LogP contribution in [0, 0.1) is 0 Å². The summed E-state index contributed by atoms with van der Waals surface area (Å²) in [6, 6.07) is 14.8. The van der Waals surface area contributed by atoms with Crippen LogP contribution in [0.1, 0.15) is 50.7 Å². The zero-order chi connectivity index (χ0) is 24.9. The summed E-state index contributed by atoms with van der Waals surface area (Å²) in [7, 11) is 1.37. The van der Waals surface area contributed by atoms with Crippen molar-refractivity contribution in [3.63, 3.8) is 0 Å². The number of hydrogen-bond acceptors (Lipinski definition) is 5. The van der Waals surface area contributed by atoms with Crippen molar-refractivity contribution in [3.8, 4) is 11.1 Å². The normalized spacial score (nSPS) is 15.9. The molecule has 2 amide bonds. The zero-order valence-corrected chi connectivity index (χ0v) is 20.0. The predicted molar refractivity (Wildman–Crippen MR) is 128 cm³/mol. The first-order chi connectivity index (χ1) is 16.2. The lowest BCUT2D eigenvalue weighted by Gasteiger charge is -2.31. The van der Waals surface area contributed by atoms with Gasteiger partial charge >= 0.3 is 12.1 Å². The SMILES string of the molecule is CCCC(C)(NC(=O)OCC1c2ccccc2-c2ccccc21)C(=O)NC(C(=O)O)C(C)OC. The average Bonchev–Trinajstić information content (AvgIpc) is 3.14. The van der Waals surface area contributed by atoms with E-state index in [-0.39, 0.29) is 12.5 Å². The van der Waals surface area contributed by atoms with Crippen molar-refractivity contribution in [1.82, 2.24) is 10.6 Å². The van der Waals surface area contributed by atoms with Crippen LogP contribution in [0.5, 0.6) is 0 Å². The van der Waals surface area contributed by atoms with Crippen LogP contribution >= 0.6 is 0 Å². The molecule has 0 saturated carbocycles. The molecule has 3 N–H and O–H groups in total. The number of carboxylic acid groups (broad SMARTS) is 1. The van der Waals surface area contributed by atoms with E-state index in [0.29, 0.717) is 12.8 Å². The second-order valence-corrected chi connectivity index (χ2v) is 8.76. The Morgan fingerprint density at radius 1 is 1.06 bits per heavy atom. The number of methoxy groups -OCH3 is 1. The number of rotatable bonds is 10. The Hall–Kier alpha value is -3.39. The number of amides is 2. The van der Waals surface area contributed by atoms with Gasteiger partial charge in [-0.25, -0.2) is 9.59 Å². The van der Waals surface area contributed by atoms with Crippen LogP contribution in [0.25, 0.3) is 11.1 Å². The van der Waals surface area contributed by atoms with Crippen molar-refractivity contribution in [2.45, 2.75) is 57.2 Å². The Kier molecular flexibility index (Phi) is 7.94. The molecule has 2 aromatic carbocycles. The Labute approximate surface area is 199 Å². The van der Waals surface area contributed by atoms with E-state index in [1.165, 1.54) is 7.11 Å². The summed E-state index contributed by atoms with van der Waals surface area (Å²) in [5.74, 6) is -1.94. The Balaban J connectivity index is 1.70. The van der Waals surface area contributed by atoms with Crippen LogP contribution < -0.4 is 10.6 Å². The van der Waals surface area contributed by atoms with Crippen molar-refractivity contribution in [2.75, 3.05) is 13.7 Å². The molecule has 34 heavy (non-hydrogen) atoms. The molecule has 1 aliphatic carbocycles. The standard InChI is InChI=1S/C26H32N2O6/c1-5-14-26(3,24(31)27-22(23(29)30)16(2)33-4)28-25(32)34-15-21-19-12-8-6-10-17(19)18-11-7-9-13-20(18)21/h6-13,16,21-22H,5,14-15H2,1-4H3,(H,27,31)(H,28,32)(H,29,30). The molecule has 0 bridgehead atoms. The van der Waals surface area contributed by atoms with Gasteiger partial charge in [0, 0.05) is 13.0 Å². The molecule has 0 aliphatic heterocycles. The third-order valence-corrected chi connectivity index (χ3v) is 6.37. The molecule has 2 aromatic rings. The molecule has 8 nitrogen and oxygen atoms in total. The third kappa shape index (κ3) is 5.22. The van der Waals surface area contributed by atoms with Gasteiger partial charge in [-0.05, 0) is 42.5 Å². The summed E-state index contributed by atoms with van der Waals surface area (Å²) < 4.78 is 10.7. The molecule has 3 atom stereocenters. The van der Waals surface area contributed by atoms with Crippen molar-refractivity contribution >= 4 is 18.0 Å². The van der Waals surface area contributed by atoms with Crippen LogP contribution in [-0.2, 0) is 19.1 Å². The highest BCUT2D eigenvalue weighted by Crippen LogP contribution is 2.44. The molecule has 1 aliphatic rings. The van der Waals surface area contributed by atoms with E-state index < -0.39 is 35.7 Å². The number of carbonyl (C=O) groups is 3. The van der Waals surface area contributed by atoms with E-state index in [1.807, 2.05) is 43.3 Å². The molecule has 3 rings (SSSR count). The van der Waals surface area contributed by atoms with E-state index in [2.05, 4.69) is 22.8 Å². The molecular formula is C26H32N2O6. The quantitative estimate of drug-likeness (QED) is 0.490. The lowest BCUT2D eigenvalue weighted by atomic mass is 9.94. The number of benzene rings is 2. The zero-order valence-electron chi connectivity index (χ0n) is 20.0. The highest BCUT2D eigenvalue weighted by Gasteiger charge is 2.39. The van der Waals surface area contributed by atoms with Crippen LogP contribution in [0.4, 0.5) is 4.79 Å². The van der Waals surface area contributed by atoms with Crippen LogP contribution in [0.15, 0.2) is 48.5 Å². The van der Waals surface area contributed by atoms with E-state index in [0.717, 1.165) is 22.3 Å². The summed E-state index contributed by atoms with van der Waals surface area (Å²) in [6.07, 6.45) is -0.594. The molecular weight excluding hydrogens is 436 g/mol. The first-order valence-electron chi connectivity index (χ1n) is 11.4. The fraction of sp³-hybridized carbons (Fsp3) is 0.423. The number of ether oxygens (including phenoxy) is 2. The van der Waals surface area contributed by atoms with Crippen molar-refractivity contribution in [2.24, 2.45) is 0 Å². The topological polar surface area (TPSA) is 114 Å². The predicted octanol–water partition coefficient (Wildman–Crippen LogP) is 3.69. The first-order valence-corrected chi connectivity index (χ1v) is 11.4. The number of alkyl carbamates (subject to hydrolysis) is 1. The maximum atomic E-state index is 13.0. The Bertz CT molecular complexity index is 1010. The molecule has 0 fully saturated rings. The van der Waals surface area contributed by atoms with Gasteiger partial charge in [0.15, 0.2) is 6.04 Å². The largest absolute Gasteiger partial charge is 0.480 e. The molecule has 0 aromatic heterocycles. The molecule has 0 spiro atoms.